The topological polar surface area (TPSA) is 50.5 Å². The van der Waals surface area contributed by atoms with Gasteiger partial charge in [-0.3, -0.25) is 0 Å². The van der Waals surface area contributed by atoms with Gasteiger partial charge in [-0.15, -0.1) is 0 Å². The Balaban J connectivity index is 1.73. The fourth-order valence-electron chi connectivity index (χ4n) is 2.50. The van der Waals surface area contributed by atoms with E-state index >= 15 is 0 Å². The largest absolute Gasteiger partial charge is 0.487 e. The van der Waals surface area contributed by atoms with Crippen LogP contribution in [0, 0.1) is 0 Å². The number of anilines is 1. The molecule has 0 aliphatic heterocycles. The summed E-state index contributed by atoms with van der Waals surface area (Å²) >= 11 is 0. The maximum Gasteiger partial charge on any atom is 0.142 e. The molecule has 2 aromatic rings. The summed E-state index contributed by atoms with van der Waals surface area (Å²) in [5.74, 6) is 0.751. The lowest BCUT2D eigenvalue weighted by atomic mass is 10.1. The molecule has 0 radical (unpaired) electrons. The molecule has 0 fully saturated rings. The summed E-state index contributed by atoms with van der Waals surface area (Å²) in [5, 5.41) is 3.47. The van der Waals surface area contributed by atoms with Gasteiger partial charge in [-0.2, -0.15) is 0 Å². The van der Waals surface area contributed by atoms with Crippen LogP contribution in [0.3, 0.4) is 0 Å². The Morgan fingerprint density at radius 3 is 2.50 bits per heavy atom. The Kier molecular flexibility index (Phi) is 7.59. The van der Waals surface area contributed by atoms with Crippen LogP contribution in [0.4, 0.5) is 5.69 Å². The molecule has 0 amide bonds. The molecule has 0 saturated heterocycles. The van der Waals surface area contributed by atoms with Crippen LogP contribution >= 0.6 is 0 Å². The van der Waals surface area contributed by atoms with Crippen molar-refractivity contribution in [3.05, 3.63) is 59.7 Å². The van der Waals surface area contributed by atoms with Crippen LogP contribution in [0.1, 0.15) is 17.5 Å². The predicted molar refractivity (Wildman–Crippen MR) is 101 cm³/mol. The molecule has 4 heteroatoms. The summed E-state index contributed by atoms with van der Waals surface area (Å²) in [7, 11) is 4.20. The maximum absolute atomic E-state index is 6.12. The molecule has 24 heavy (non-hydrogen) atoms. The molecule has 2 rings (SSSR count). The van der Waals surface area contributed by atoms with Crippen molar-refractivity contribution in [3.63, 3.8) is 0 Å². The molecule has 0 bridgehead atoms. The van der Waals surface area contributed by atoms with E-state index < -0.39 is 0 Å². The minimum atomic E-state index is 0.540. The normalized spacial score (nSPS) is 11.0. The van der Waals surface area contributed by atoms with Crippen LogP contribution in [0.25, 0.3) is 0 Å². The Hall–Kier alpha value is -2.04. The number of hydrogen-bond acceptors (Lipinski definition) is 4. The average Bonchev–Trinajstić information content (AvgIpc) is 2.58. The minimum Gasteiger partial charge on any atom is -0.487 e. The van der Waals surface area contributed by atoms with E-state index in [0.29, 0.717) is 12.3 Å². The number of nitrogens with zero attached hydrogens (tertiary/aromatic N) is 1. The highest BCUT2D eigenvalue weighted by molar-refractivity contribution is 5.54. The fraction of sp³-hybridized carbons (Fsp3) is 0.400. The fourth-order valence-corrected chi connectivity index (χ4v) is 2.50. The highest BCUT2D eigenvalue weighted by atomic mass is 16.5. The number of nitrogens with one attached hydrogen (secondary N) is 1. The molecular formula is C20H29N3O. The third kappa shape index (κ3) is 6.60. The van der Waals surface area contributed by atoms with Crippen LogP contribution in [-0.2, 0) is 13.0 Å². The van der Waals surface area contributed by atoms with Crippen LogP contribution in [0.15, 0.2) is 48.5 Å². The van der Waals surface area contributed by atoms with E-state index in [2.05, 4.69) is 30.4 Å². The first-order chi connectivity index (χ1) is 11.6. The average molecular weight is 327 g/mol. The van der Waals surface area contributed by atoms with Gasteiger partial charge in [0.25, 0.3) is 0 Å². The summed E-state index contributed by atoms with van der Waals surface area (Å²) < 4.78 is 5.81. The Labute approximate surface area is 145 Å². The number of benzene rings is 2. The van der Waals surface area contributed by atoms with Crippen molar-refractivity contribution in [2.45, 2.75) is 19.4 Å². The van der Waals surface area contributed by atoms with Crippen LogP contribution in [0.5, 0.6) is 5.75 Å². The summed E-state index contributed by atoms with van der Waals surface area (Å²) in [6.45, 7) is 3.67. The van der Waals surface area contributed by atoms with Gasteiger partial charge in [-0.1, -0.05) is 36.4 Å². The van der Waals surface area contributed by atoms with Crippen molar-refractivity contribution in [2.24, 2.45) is 0 Å². The van der Waals surface area contributed by atoms with E-state index in [-0.39, 0.29) is 0 Å². The first-order valence-corrected chi connectivity index (χ1v) is 8.56. The van der Waals surface area contributed by atoms with Crippen molar-refractivity contribution in [3.8, 4) is 5.75 Å². The predicted octanol–water partition coefficient (Wildman–Crippen LogP) is 2.93. The zero-order valence-corrected chi connectivity index (χ0v) is 14.8. The number of nitrogens with two attached hydrogens (primary N) is 1. The lowest BCUT2D eigenvalue weighted by Gasteiger charge is -2.12. The van der Waals surface area contributed by atoms with Gasteiger partial charge in [0.1, 0.15) is 12.4 Å². The van der Waals surface area contributed by atoms with E-state index in [1.165, 1.54) is 12.0 Å². The standard InChI is InChI=1S/C20H29N3O/c1-23(2)14-6-12-22-13-11-17-9-10-20(19(21)15-17)24-16-18-7-4-3-5-8-18/h3-5,7-10,15,22H,6,11-14,16,21H2,1-2H3. The van der Waals surface area contributed by atoms with E-state index in [1.54, 1.807) is 0 Å². The SMILES string of the molecule is CN(C)CCCNCCc1ccc(OCc2ccccc2)c(N)c1. The van der Waals surface area contributed by atoms with Crippen molar-refractivity contribution >= 4 is 5.69 Å². The number of ether oxygens (including phenoxy) is 1. The first kappa shape index (κ1) is 18.3. The Morgan fingerprint density at radius 2 is 1.79 bits per heavy atom. The zero-order valence-electron chi connectivity index (χ0n) is 14.8. The summed E-state index contributed by atoms with van der Waals surface area (Å²) in [4.78, 5) is 2.20. The zero-order chi connectivity index (χ0) is 17.2. The minimum absolute atomic E-state index is 0.540. The molecule has 130 valence electrons. The Bertz CT molecular complexity index is 599. The molecule has 0 aliphatic rings. The van der Waals surface area contributed by atoms with Crippen molar-refractivity contribution in [1.29, 1.82) is 0 Å². The summed E-state index contributed by atoms with van der Waals surface area (Å²) in [6, 6.07) is 16.2. The molecule has 0 aromatic heterocycles. The van der Waals surface area contributed by atoms with Gasteiger partial charge < -0.3 is 20.7 Å². The molecule has 4 nitrogen and oxygen atoms in total. The molecule has 0 aliphatic carbocycles. The van der Waals surface area contributed by atoms with E-state index in [1.807, 2.05) is 42.5 Å². The lowest BCUT2D eigenvalue weighted by Crippen LogP contribution is -2.23. The molecule has 3 N–H and O–H groups in total. The van der Waals surface area contributed by atoms with Gasteiger partial charge in [0.15, 0.2) is 0 Å². The molecule has 0 atom stereocenters. The second-order valence-corrected chi connectivity index (χ2v) is 6.30. The van der Waals surface area contributed by atoms with Gasteiger partial charge in [-0.25, -0.2) is 0 Å². The van der Waals surface area contributed by atoms with Crippen LogP contribution in [-0.4, -0.2) is 38.6 Å². The molecule has 2 aromatic carbocycles. The molecule has 0 heterocycles. The molecule has 0 unspecified atom stereocenters. The van der Waals surface area contributed by atoms with Crippen LogP contribution < -0.4 is 15.8 Å². The maximum atomic E-state index is 6.12. The molecule has 0 saturated carbocycles. The smallest absolute Gasteiger partial charge is 0.142 e. The lowest BCUT2D eigenvalue weighted by molar-refractivity contribution is 0.308. The van der Waals surface area contributed by atoms with Crippen LogP contribution in [0.2, 0.25) is 0 Å². The van der Waals surface area contributed by atoms with Gasteiger partial charge in [-0.05, 0) is 69.8 Å². The highest BCUT2D eigenvalue weighted by Gasteiger charge is 2.03. The number of rotatable bonds is 10. The van der Waals surface area contributed by atoms with Crippen molar-refractivity contribution in [2.75, 3.05) is 39.5 Å². The van der Waals surface area contributed by atoms with Gasteiger partial charge in [0.05, 0.1) is 5.69 Å². The quantitative estimate of drug-likeness (QED) is 0.520. The van der Waals surface area contributed by atoms with Crippen molar-refractivity contribution < 1.29 is 4.74 Å². The number of hydrogen-bond donors (Lipinski definition) is 2. The third-order valence-electron chi connectivity index (χ3n) is 3.86. The monoisotopic (exact) mass is 327 g/mol. The van der Waals surface area contributed by atoms with Gasteiger partial charge >= 0.3 is 0 Å². The van der Waals surface area contributed by atoms with E-state index in [4.69, 9.17) is 10.5 Å². The number of nitrogen functional groups attached to an aromatic ring is 1. The Morgan fingerprint density at radius 1 is 1.00 bits per heavy atom. The third-order valence-corrected chi connectivity index (χ3v) is 3.86. The second-order valence-electron chi connectivity index (χ2n) is 6.30. The van der Waals surface area contributed by atoms with E-state index in [9.17, 15) is 0 Å². The highest BCUT2D eigenvalue weighted by Crippen LogP contribution is 2.23. The van der Waals surface area contributed by atoms with Gasteiger partial charge in [0.2, 0.25) is 0 Å². The van der Waals surface area contributed by atoms with E-state index in [0.717, 1.165) is 37.4 Å². The van der Waals surface area contributed by atoms with Crippen molar-refractivity contribution in [1.82, 2.24) is 10.2 Å². The second kappa shape index (κ2) is 9.96. The molecular weight excluding hydrogens is 298 g/mol. The summed E-state index contributed by atoms with van der Waals surface area (Å²) in [6.07, 6.45) is 2.15. The summed E-state index contributed by atoms with van der Waals surface area (Å²) in [5.41, 5.74) is 9.20. The molecule has 0 spiro atoms. The first-order valence-electron chi connectivity index (χ1n) is 8.56. The van der Waals surface area contributed by atoms with Gasteiger partial charge in [0, 0.05) is 0 Å².